The molecule has 0 fully saturated rings. The Balaban J connectivity index is 0.00000363. The Morgan fingerprint density at radius 2 is 1.72 bits per heavy atom. The lowest BCUT2D eigenvalue weighted by atomic mass is 10.1. The van der Waals surface area contributed by atoms with Crippen LogP contribution < -0.4 is 16.8 Å². The summed E-state index contributed by atoms with van der Waals surface area (Å²) in [7, 11) is -3.28. The second kappa shape index (κ2) is 10.3. The van der Waals surface area contributed by atoms with Gasteiger partial charge in [-0.25, -0.2) is 13.4 Å². The number of anilines is 1. The Bertz CT molecular complexity index is 1220. The molecule has 3 rings (SSSR count). The van der Waals surface area contributed by atoms with Gasteiger partial charge in [-0.2, -0.15) is 5.10 Å². The molecular formula is C21H25ClN6O3S. The molecular weight excluding hydrogens is 452 g/mol. The van der Waals surface area contributed by atoms with E-state index in [1.807, 2.05) is 24.3 Å². The molecule has 1 aromatic heterocycles. The lowest BCUT2D eigenvalue weighted by Crippen LogP contribution is -2.21. The van der Waals surface area contributed by atoms with Crippen LogP contribution in [-0.4, -0.2) is 36.3 Å². The third-order valence-electron chi connectivity index (χ3n) is 4.47. The van der Waals surface area contributed by atoms with E-state index < -0.39 is 9.84 Å². The number of nitrogens with one attached hydrogen (secondary N) is 1. The Hall–Kier alpha value is -3.37. The van der Waals surface area contributed by atoms with Crippen LogP contribution in [-0.2, 0) is 27.6 Å². The summed E-state index contributed by atoms with van der Waals surface area (Å²) in [6, 6.07) is 15.8. The predicted octanol–water partition coefficient (Wildman–Crippen LogP) is 2.48. The van der Waals surface area contributed by atoms with E-state index in [4.69, 9.17) is 11.5 Å². The Morgan fingerprint density at radius 3 is 2.25 bits per heavy atom. The minimum Gasteiger partial charge on any atom is -0.370 e. The number of aromatic nitrogens is 2. The van der Waals surface area contributed by atoms with Crippen LogP contribution in [0.25, 0.3) is 11.3 Å². The summed E-state index contributed by atoms with van der Waals surface area (Å²) < 4.78 is 25.2. The number of sulfone groups is 1. The van der Waals surface area contributed by atoms with Crippen molar-refractivity contribution in [3.8, 4) is 11.3 Å². The van der Waals surface area contributed by atoms with Crippen molar-refractivity contribution in [2.24, 2.45) is 16.5 Å². The molecule has 0 saturated carbocycles. The molecule has 2 aromatic carbocycles. The summed E-state index contributed by atoms with van der Waals surface area (Å²) in [6.45, 7) is 1.96. The highest BCUT2D eigenvalue weighted by Crippen LogP contribution is 2.25. The fraction of sp³-hybridized carbons (Fsp3) is 0.190. The summed E-state index contributed by atoms with van der Waals surface area (Å²) in [5.41, 5.74) is 14.1. The van der Waals surface area contributed by atoms with Crippen LogP contribution >= 0.6 is 12.4 Å². The molecule has 0 aliphatic rings. The van der Waals surface area contributed by atoms with Crippen LogP contribution in [0.2, 0.25) is 0 Å². The Labute approximate surface area is 192 Å². The summed E-state index contributed by atoms with van der Waals surface area (Å²) in [6.07, 6.45) is 1.84. The number of hydrogen-bond donors (Lipinski definition) is 3. The lowest BCUT2D eigenvalue weighted by molar-refractivity contribution is -0.114. The van der Waals surface area contributed by atoms with Gasteiger partial charge < -0.3 is 16.8 Å². The van der Waals surface area contributed by atoms with Gasteiger partial charge in [0.25, 0.3) is 0 Å². The van der Waals surface area contributed by atoms with E-state index in [1.54, 1.807) is 35.0 Å². The van der Waals surface area contributed by atoms with Crippen LogP contribution in [0.4, 0.5) is 11.5 Å². The zero-order valence-electron chi connectivity index (χ0n) is 17.6. The number of halogens is 1. The van der Waals surface area contributed by atoms with Gasteiger partial charge in [-0.3, -0.25) is 9.48 Å². The number of carbonyl (C=O) groups is 1. The number of rotatable bonds is 7. The van der Waals surface area contributed by atoms with Crippen molar-refractivity contribution in [2.45, 2.75) is 24.8 Å². The fourth-order valence-electron chi connectivity index (χ4n) is 3.06. The van der Waals surface area contributed by atoms with Crippen molar-refractivity contribution in [3.63, 3.8) is 0 Å². The van der Waals surface area contributed by atoms with Gasteiger partial charge in [0.05, 0.1) is 16.3 Å². The minimum absolute atomic E-state index is 0. The molecule has 0 saturated heterocycles. The Morgan fingerprint density at radius 1 is 1.09 bits per heavy atom. The first-order valence-electron chi connectivity index (χ1n) is 9.46. The maximum atomic E-state index is 11.7. The van der Waals surface area contributed by atoms with E-state index in [2.05, 4.69) is 15.4 Å². The molecule has 170 valence electrons. The predicted molar refractivity (Wildman–Crippen MR) is 128 cm³/mol. The zero-order valence-corrected chi connectivity index (χ0v) is 19.3. The van der Waals surface area contributed by atoms with E-state index >= 15 is 0 Å². The molecule has 1 amide bonds. The average Bonchev–Trinajstić information content (AvgIpc) is 3.08. The molecule has 0 aliphatic heterocycles. The van der Waals surface area contributed by atoms with Crippen molar-refractivity contribution in [3.05, 3.63) is 60.2 Å². The summed E-state index contributed by atoms with van der Waals surface area (Å²) in [5, 5.41) is 7.17. The molecule has 3 aromatic rings. The first-order valence-corrected chi connectivity index (χ1v) is 11.4. The molecule has 0 unspecified atom stereocenters. The normalized spacial score (nSPS) is 10.8. The molecule has 0 atom stereocenters. The number of nitrogens with zero attached hydrogens (tertiary/aromatic N) is 3. The van der Waals surface area contributed by atoms with Crippen LogP contribution in [0.1, 0.15) is 12.5 Å². The van der Waals surface area contributed by atoms with Crippen molar-refractivity contribution in [1.82, 2.24) is 9.78 Å². The van der Waals surface area contributed by atoms with Gasteiger partial charge >= 0.3 is 0 Å². The van der Waals surface area contributed by atoms with Gasteiger partial charge in [0.2, 0.25) is 5.91 Å². The second-order valence-electron chi connectivity index (χ2n) is 7.07. The molecule has 5 N–H and O–H groups in total. The average molecular weight is 477 g/mol. The quantitative estimate of drug-likeness (QED) is 0.352. The second-order valence-corrected chi connectivity index (χ2v) is 9.08. The molecule has 0 bridgehead atoms. The smallest absolute Gasteiger partial charge is 0.222 e. The number of benzene rings is 2. The summed E-state index contributed by atoms with van der Waals surface area (Å²) in [4.78, 5) is 15.7. The molecule has 9 nitrogen and oxygen atoms in total. The molecule has 1 heterocycles. The third kappa shape index (κ3) is 6.56. The monoisotopic (exact) mass is 476 g/mol. The number of nitrogens with two attached hydrogens (primary N) is 2. The Kier molecular flexibility index (Phi) is 8.01. The fourth-order valence-corrected chi connectivity index (χ4v) is 3.69. The molecule has 32 heavy (non-hydrogen) atoms. The topological polar surface area (TPSA) is 145 Å². The molecule has 0 radical (unpaired) electrons. The first kappa shape index (κ1) is 24.9. The highest BCUT2D eigenvalue weighted by atomic mass is 35.5. The number of aryl methyl sites for hydroxylation is 2. The maximum Gasteiger partial charge on any atom is 0.222 e. The van der Waals surface area contributed by atoms with Gasteiger partial charge in [-0.05, 0) is 41.8 Å². The van der Waals surface area contributed by atoms with Crippen LogP contribution in [0.5, 0.6) is 0 Å². The van der Waals surface area contributed by atoms with Crippen LogP contribution in [0.3, 0.4) is 0 Å². The highest BCUT2D eigenvalue weighted by molar-refractivity contribution is 7.90. The van der Waals surface area contributed by atoms with E-state index in [0.717, 1.165) is 16.8 Å². The maximum absolute atomic E-state index is 11.7. The number of hydrogen-bond acceptors (Lipinski definition) is 5. The third-order valence-corrected chi connectivity index (χ3v) is 5.60. The van der Waals surface area contributed by atoms with E-state index in [0.29, 0.717) is 24.5 Å². The number of carbonyl (C=O) groups excluding carboxylic acids is 1. The zero-order chi connectivity index (χ0) is 22.6. The minimum atomic E-state index is -3.28. The number of aliphatic imine (C=N–C) groups is 1. The van der Waals surface area contributed by atoms with E-state index in [9.17, 15) is 13.2 Å². The SMILES string of the molecule is CC(=O)Nc1cc(-c2ccc(S(C)(=O)=O)cc2)n(CCc2ccc(N=C(N)N)cc2)n1.Cl. The van der Waals surface area contributed by atoms with Gasteiger partial charge in [0.1, 0.15) is 0 Å². The van der Waals surface area contributed by atoms with Gasteiger partial charge in [-0.15, -0.1) is 12.4 Å². The van der Waals surface area contributed by atoms with E-state index in [-0.39, 0.29) is 29.2 Å². The van der Waals surface area contributed by atoms with Gasteiger partial charge in [0.15, 0.2) is 21.6 Å². The summed E-state index contributed by atoms with van der Waals surface area (Å²) in [5.74, 6) is 0.207. The molecule has 0 spiro atoms. The number of amides is 1. The highest BCUT2D eigenvalue weighted by Gasteiger charge is 2.13. The summed E-state index contributed by atoms with van der Waals surface area (Å²) >= 11 is 0. The van der Waals surface area contributed by atoms with Gasteiger partial charge in [0, 0.05) is 25.8 Å². The molecule has 0 aliphatic carbocycles. The largest absolute Gasteiger partial charge is 0.370 e. The van der Waals surface area contributed by atoms with Crippen molar-refractivity contribution in [1.29, 1.82) is 0 Å². The van der Waals surface area contributed by atoms with Crippen LogP contribution in [0.15, 0.2) is 64.5 Å². The first-order chi connectivity index (χ1) is 14.6. The van der Waals surface area contributed by atoms with Crippen molar-refractivity contribution < 1.29 is 13.2 Å². The van der Waals surface area contributed by atoms with Gasteiger partial charge in [-0.1, -0.05) is 24.3 Å². The van der Waals surface area contributed by atoms with E-state index in [1.165, 1.54) is 13.2 Å². The standard InChI is InChI=1S/C21H24N6O3S.ClH/c1-14(28)24-20-13-19(16-5-9-18(10-6-16)31(2,29)30)27(26-20)12-11-15-3-7-17(8-4-15)25-21(22)23;/h3-10,13H,11-12H2,1-2H3,(H4,22,23,25)(H,24,26,28);1H. The lowest BCUT2D eigenvalue weighted by Gasteiger charge is -2.09. The van der Waals surface area contributed by atoms with Crippen molar-refractivity contribution >= 4 is 45.6 Å². The number of guanidine groups is 1. The van der Waals surface area contributed by atoms with Crippen molar-refractivity contribution in [2.75, 3.05) is 11.6 Å². The van der Waals surface area contributed by atoms with Crippen LogP contribution in [0, 0.1) is 0 Å². The molecule has 11 heteroatoms.